The molecule has 2 heterocycles. The van der Waals surface area contributed by atoms with E-state index in [0.717, 1.165) is 6.42 Å². The summed E-state index contributed by atoms with van der Waals surface area (Å²) in [4.78, 5) is 38.5. The summed E-state index contributed by atoms with van der Waals surface area (Å²) in [6, 6.07) is 2.86. The van der Waals surface area contributed by atoms with E-state index in [1.807, 2.05) is 0 Å². The minimum atomic E-state index is -1.59. The molecule has 1 amide bonds. The number of hydrogen-bond acceptors (Lipinski definition) is 8. The van der Waals surface area contributed by atoms with Crippen molar-refractivity contribution in [3.63, 3.8) is 0 Å². The van der Waals surface area contributed by atoms with Crippen molar-refractivity contribution < 1.29 is 39.2 Å². The number of hydrogen-bond donors (Lipinski definition) is 3. The van der Waals surface area contributed by atoms with E-state index in [0.29, 0.717) is 25.3 Å². The zero-order valence-electron chi connectivity index (χ0n) is 19.3. The second kappa shape index (κ2) is 11.3. The van der Waals surface area contributed by atoms with Crippen LogP contribution in [0.2, 0.25) is 0 Å². The lowest BCUT2D eigenvalue weighted by Gasteiger charge is -2.20. The number of esters is 1. The second-order valence-corrected chi connectivity index (χ2v) is 8.62. The highest BCUT2D eigenvalue weighted by molar-refractivity contribution is 5.97. The Hall–Kier alpha value is -3.17. The monoisotopic (exact) mass is 473 g/mol. The van der Waals surface area contributed by atoms with Crippen molar-refractivity contribution >= 4 is 23.7 Å². The molecule has 34 heavy (non-hydrogen) atoms. The topological polar surface area (TPSA) is 134 Å². The number of nitrogens with zero attached hydrogens (tertiary/aromatic N) is 1. The molecule has 0 radical (unpaired) electrons. The van der Waals surface area contributed by atoms with E-state index in [1.165, 1.54) is 30.4 Å². The predicted molar refractivity (Wildman–Crippen MR) is 123 cm³/mol. The number of phenolic OH excluding ortho intramolecular Hbond substituents is 1. The Labute approximate surface area is 198 Å². The van der Waals surface area contributed by atoms with Crippen LogP contribution in [0.4, 0.5) is 0 Å². The van der Waals surface area contributed by atoms with Crippen molar-refractivity contribution in [2.45, 2.75) is 51.4 Å². The summed E-state index contributed by atoms with van der Waals surface area (Å²) in [6.07, 6.45) is 3.37. The summed E-state index contributed by atoms with van der Waals surface area (Å²) in [5, 5.41) is 30.9. The van der Waals surface area contributed by atoms with Crippen LogP contribution in [0.3, 0.4) is 0 Å². The highest BCUT2D eigenvalue weighted by Gasteiger charge is 2.25. The number of phenols is 1. The number of ketones is 1. The van der Waals surface area contributed by atoms with E-state index >= 15 is 0 Å². The van der Waals surface area contributed by atoms with Crippen molar-refractivity contribution in [3.05, 3.63) is 41.5 Å². The lowest BCUT2D eigenvalue weighted by Crippen LogP contribution is -2.32. The number of amides is 1. The molecule has 0 aliphatic carbocycles. The second-order valence-electron chi connectivity index (χ2n) is 8.62. The summed E-state index contributed by atoms with van der Waals surface area (Å²) >= 11 is 0. The van der Waals surface area contributed by atoms with Gasteiger partial charge < -0.3 is 29.7 Å². The van der Waals surface area contributed by atoms with Gasteiger partial charge in [-0.15, -0.1) is 0 Å². The summed E-state index contributed by atoms with van der Waals surface area (Å²) in [5.41, 5.74) is 0.224. The third kappa shape index (κ3) is 6.24. The SMILES string of the molecule is CC1OC(=O)c2c(O)cc(OCCN3CCCC3=O)cc2/C=C/CC(O)C(O)C(=O)/C=C\[C@H]1C. The smallest absolute Gasteiger partial charge is 0.342 e. The molecule has 3 N–H and O–H groups in total. The Morgan fingerprint density at radius 1 is 1.15 bits per heavy atom. The molecule has 9 nitrogen and oxygen atoms in total. The minimum Gasteiger partial charge on any atom is -0.507 e. The Morgan fingerprint density at radius 2 is 1.91 bits per heavy atom. The highest BCUT2D eigenvalue weighted by atomic mass is 16.5. The number of carbonyl (C=O) groups is 3. The maximum absolute atomic E-state index is 12.9. The zero-order valence-corrected chi connectivity index (χ0v) is 19.3. The van der Waals surface area contributed by atoms with Gasteiger partial charge in [0, 0.05) is 24.9 Å². The normalized spacial score (nSPS) is 28.1. The molecular formula is C25H31NO8. The number of aliphatic hydroxyl groups excluding tert-OH is 2. The average Bonchev–Trinajstić information content (AvgIpc) is 3.20. The summed E-state index contributed by atoms with van der Waals surface area (Å²) in [6.45, 7) is 4.70. The standard InChI is InChI=1S/C25H31NO8/c1-15-8-9-20(28)24(31)19(27)6-3-5-17-13-18(33-12-11-26-10-4-7-22(26)30)14-21(29)23(17)25(32)34-16(15)2/h3,5,8-9,13-16,19,24,27,29,31H,4,6-7,10-12H2,1-2H3/b5-3+,9-8-/t15-,16?,19?,24?/m1/s1. The molecule has 184 valence electrons. The van der Waals surface area contributed by atoms with Crippen LogP contribution in [-0.2, 0) is 14.3 Å². The number of rotatable bonds is 4. The van der Waals surface area contributed by atoms with Crippen molar-refractivity contribution in [1.82, 2.24) is 4.90 Å². The number of carbonyl (C=O) groups excluding carboxylic acids is 3. The van der Waals surface area contributed by atoms with Crippen LogP contribution in [-0.4, -0.2) is 75.9 Å². The van der Waals surface area contributed by atoms with Crippen LogP contribution in [0.1, 0.15) is 49.0 Å². The van der Waals surface area contributed by atoms with Crippen molar-refractivity contribution in [2.24, 2.45) is 5.92 Å². The molecule has 3 unspecified atom stereocenters. The van der Waals surface area contributed by atoms with Crippen molar-refractivity contribution in [1.29, 1.82) is 0 Å². The van der Waals surface area contributed by atoms with Crippen LogP contribution in [0, 0.1) is 5.92 Å². The maximum atomic E-state index is 12.9. The first-order valence-corrected chi connectivity index (χ1v) is 11.4. The molecular weight excluding hydrogens is 442 g/mol. The molecule has 1 saturated heterocycles. The van der Waals surface area contributed by atoms with E-state index in [-0.39, 0.29) is 41.7 Å². The van der Waals surface area contributed by atoms with Gasteiger partial charge in [-0.3, -0.25) is 9.59 Å². The molecule has 1 fully saturated rings. The number of fused-ring (bicyclic) bond motifs is 1. The summed E-state index contributed by atoms with van der Waals surface area (Å²) < 4.78 is 11.2. The van der Waals surface area contributed by atoms with Crippen LogP contribution in [0.15, 0.2) is 30.4 Å². The Balaban J connectivity index is 1.86. The molecule has 2 aliphatic rings. The van der Waals surface area contributed by atoms with Gasteiger partial charge in [0.25, 0.3) is 0 Å². The van der Waals surface area contributed by atoms with Gasteiger partial charge in [0.15, 0.2) is 5.78 Å². The number of benzene rings is 1. The third-order valence-electron chi connectivity index (χ3n) is 6.06. The lowest BCUT2D eigenvalue weighted by molar-refractivity contribution is -0.128. The predicted octanol–water partition coefficient (Wildman–Crippen LogP) is 1.84. The molecule has 4 atom stereocenters. The number of aromatic hydroxyl groups is 1. The van der Waals surface area contributed by atoms with Gasteiger partial charge in [-0.2, -0.15) is 0 Å². The van der Waals surface area contributed by atoms with Crippen molar-refractivity contribution in [2.75, 3.05) is 19.7 Å². The third-order valence-corrected chi connectivity index (χ3v) is 6.06. The van der Waals surface area contributed by atoms with E-state index in [9.17, 15) is 29.7 Å². The summed E-state index contributed by atoms with van der Waals surface area (Å²) in [7, 11) is 0. The first kappa shape index (κ1) is 25.5. The largest absolute Gasteiger partial charge is 0.507 e. The molecule has 0 bridgehead atoms. The van der Waals surface area contributed by atoms with Gasteiger partial charge in [-0.05, 0) is 37.5 Å². The Bertz CT molecular complexity index is 985. The van der Waals surface area contributed by atoms with E-state index in [2.05, 4.69) is 0 Å². The number of likely N-dealkylation sites (tertiary alicyclic amines) is 1. The fraction of sp³-hybridized carbons (Fsp3) is 0.480. The average molecular weight is 474 g/mol. The van der Waals surface area contributed by atoms with Gasteiger partial charge in [0.1, 0.15) is 35.9 Å². The van der Waals surface area contributed by atoms with Gasteiger partial charge in [0.05, 0.1) is 12.6 Å². The number of cyclic esters (lactones) is 1. The zero-order chi connectivity index (χ0) is 24.8. The quantitative estimate of drug-likeness (QED) is 0.564. The van der Waals surface area contributed by atoms with Gasteiger partial charge in [-0.1, -0.05) is 25.2 Å². The highest BCUT2D eigenvalue weighted by Crippen LogP contribution is 2.31. The van der Waals surface area contributed by atoms with Crippen LogP contribution >= 0.6 is 0 Å². The van der Waals surface area contributed by atoms with Crippen LogP contribution < -0.4 is 4.74 Å². The van der Waals surface area contributed by atoms with E-state index < -0.39 is 30.1 Å². The fourth-order valence-corrected chi connectivity index (χ4v) is 3.76. The minimum absolute atomic E-state index is 0.0653. The molecule has 1 aromatic rings. The Morgan fingerprint density at radius 3 is 2.62 bits per heavy atom. The molecule has 0 saturated carbocycles. The molecule has 9 heteroatoms. The molecule has 3 rings (SSSR count). The Kier molecular flexibility index (Phi) is 8.46. The fourth-order valence-electron chi connectivity index (χ4n) is 3.76. The molecule has 0 aromatic heterocycles. The number of aliphatic hydroxyl groups is 2. The summed E-state index contributed by atoms with van der Waals surface area (Å²) in [5.74, 6) is -1.72. The van der Waals surface area contributed by atoms with E-state index in [1.54, 1.807) is 24.8 Å². The van der Waals surface area contributed by atoms with Crippen LogP contribution in [0.5, 0.6) is 11.5 Å². The van der Waals surface area contributed by atoms with Gasteiger partial charge >= 0.3 is 5.97 Å². The first-order chi connectivity index (χ1) is 16.2. The van der Waals surface area contributed by atoms with Gasteiger partial charge in [0.2, 0.25) is 5.91 Å². The van der Waals surface area contributed by atoms with Crippen LogP contribution in [0.25, 0.3) is 6.08 Å². The van der Waals surface area contributed by atoms with E-state index in [4.69, 9.17) is 9.47 Å². The molecule has 2 aliphatic heterocycles. The number of ether oxygens (including phenoxy) is 2. The maximum Gasteiger partial charge on any atom is 0.342 e. The van der Waals surface area contributed by atoms with Crippen molar-refractivity contribution in [3.8, 4) is 11.5 Å². The first-order valence-electron chi connectivity index (χ1n) is 11.4. The molecule has 0 spiro atoms. The lowest BCUT2D eigenvalue weighted by atomic mass is 9.99. The molecule has 1 aromatic carbocycles. The van der Waals surface area contributed by atoms with Gasteiger partial charge in [-0.25, -0.2) is 4.79 Å².